The van der Waals surface area contributed by atoms with Gasteiger partial charge in [0.15, 0.2) is 21.3 Å². The van der Waals surface area contributed by atoms with Gasteiger partial charge >= 0.3 is 6.18 Å². The van der Waals surface area contributed by atoms with Gasteiger partial charge in [-0.15, -0.1) is 6.58 Å². The fourth-order valence-corrected chi connectivity index (χ4v) is 2.68. The zero-order valence-corrected chi connectivity index (χ0v) is 15.0. The zero-order chi connectivity index (χ0) is 19.5. The van der Waals surface area contributed by atoms with Crippen LogP contribution in [0.15, 0.2) is 41.9 Å². The van der Waals surface area contributed by atoms with E-state index in [1.54, 1.807) is 6.08 Å². The molecule has 142 valence electrons. The lowest BCUT2D eigenvalue weighted by molar-refractivity contribution is -0.141. The quantitative estimate of drug-likeness (QED) is 0.679. The van der Waals surface area contributed by atoms with E-state index in [0.29, 0.717) is 12.8 Å². The third-order valence-electron chi connectivity index (χ3n) is 3.51. The van der Waals surface area contributed by atoms with Crippen LogP contribution in [0.25, 0.3) is 5.82 Å². The van der Waals surface area contributed by atoms with Gasteiger partial charge in [0.1, 0.15) is 6.10 Å². The van der Waals surface area contributed by atoms with Crippen LogP contribution < -0.4 is 4.74 Å². The minimum atomic E-state index is -4.66. The molecule has 1 unspecified atom stereocenters. The van der Waals surface area contributed by atoms with E-state index in [1.807, 2.05) is 6.92 Å². The van der Waals surface area contributed by atoms with E-state index in [0.717, 1.165) is 23.2 Å². The molecule has 10 heteroatoms. The van der Waals surface area contributed by atoms with Crippen molar-refractivity contribution in [3.8, 4) is 11.7 Å². The Morgan fingerprint density at radius 3 is 2.54 bits per heavy atom. The maximum atomic E-state index is 13.0. The van der Waals surface area contributed by atoms with Crippen molar-refractivity contribution in [2.24, 2.45) is 0 Å². The summed E-state index contributed by atoms with van der Waals surface area (Å²) in [6, 6.07) is 3.31. The van der Waals surface area contributed by atoms with Crippen LogP contribution in [0.2, 0.25) is 0 Å². The van der Waals surface area contributed by atoms with E-state index >= 15 is 0 Å². The lowest BCUT2D eigenvalue weighted by Gasteiger charge is -2.16. The second kappa shape index (κ2) is 7.48. The number of sulfone groups is 1. The maximum Gasteiger partial charge on any atom is 0.435 e. The second-order valence-corrected chi connectivity index (χ2v) is 7.59. The molecule has 0 spiro atoms. The van der Waals surface area contributed by atoms with Gasteiger partial charge in [0.2, 0.25) is 5.88 Å². The number of rotatable bonds is 7. The minimum absolute atomic E-state index is 0.0105. The van der Waals surface area contributed by atoms with Crippen molar-refractivity contribution in [2.75, 3.05) is 6.26 Å². The molecule has 0 fully saturated rings. The first-order chi connectivity index (χ1) is 12.1. The maximum absolute atomic E-state index is 13.0. The molecule has 0 N–H and O–H groups in total. The molecule has 2 aromatic heterocycles. The highest BCUT2D eigenvalue weighted by Crippen LogP contribution is 2.32. The highest BCUT2D eigenvalue weighted by molar-refractivity contribution is 7.90. The number of hydrogen-bond donors (Lipinski definition) is 0. The van der Waals surface area contributed by atoms with E-state index in [-0.39, 0.29) is 22.7 Å². The van der Waals surface area contributed by atoms with Crippen molar-refractivity contribution in [1.29, 1.82) is 0 Å². The van der Waals surface area contributed by atoms with Gasteiger partial charge in [0.25, 0.3) is 0 Å². The molecule has 2 aromatic rings. The van der Waals surface area contributed by atoms with Crippen LogP contribution in [0.4, 0.5) is 13.2 Å². The van der Waals surface area contributed by atoms with Crippen molar-refractivity contribution in [3.05, 3.63) is 42.7 Å². The van der Waals surface area contributed by atoms with Crippen molar-refractivity contribution < 1.29 is 26.3 Å². The highest BCUT2D eigenvalue weighted by atomic mass is 32.2. The average molecular weight is 389 g/mol. The van der Waals surface area contributed by atoms with Crippen LogP contribution >= 0.6 is 0 Å². The minimum Gasteiger partial charge on any atom is -0.474 e. The summed E-state index contributed by atoms with van der Waals surface area (Å²) >= 11 is 0. The Morgan fingerprint density at radius 2 is 2.08 bits per heavy atom. The molecular weight excluding hydrogens is 371 g/mol. The number of alkyl halides is 3. The molecule has 1 atom stereocenters. The summed E-state index contributed by atoms with van der Waals surface area (Å²) < 4.78 is 68.6. The molecule has 26 heavy (non-hydrogen) atoms. The van der Waals surface area contributed by atoms with Gasteiger partial charge in [0.05, 0.1) is 4.90 Å². The Kier molecular flexibility index (Phi) is 5.74. The summed E-state index contributed by atoms with van der Waals surface area (Å²) in [4.78, 5) is 3.85. The third-order valence-corrected chi connectivity index (χ3v) is 4.60. The Hall–Kier alpha value is -2.36. The van der Waals surface area contributed by atoms with E-state index < -0.39 is 21.7 Å². The third kappa shape index (κ3) is 4.63. The summed E-state index contributed by atoms with van der Waals surface area (Å²) in [7, 11) is -3.47. The first-order valence-electron chi connectivity index (χ1n) is 7.67. The van der Waals surface area contributed by atoms with Crippen LogP contribution in [0.1, 0.15) is 25.5 Å². The number of hydrogen-bond acceptors (Lipinski definition) is 5. The molecule has 0 saturated carbocycles. The smallest absolute Gasteiger partial charge is 0.435 e. The monoisotopic (exact) mass is 389 g/mol. The first kappa shape index (κ1) is 20.0. The number of nitrogens with zero attached hydrogens (tertiary/aromatic N) is 3. The normalized spacial score (nSPS) is 13.4. The Morgan fingerprint density at radius 1 is 1.38 bits per heavy atom. The Bertz CT molecular complexity index is 874. The summed E-state index contributed by atoms with van der Waals surface area (Å²) in [5.74, 6) is -0.123. The number of aromatic nitrogens is 3. The largest absolute Gasteiger partial charge is 0.474 e. The van der Waals surface area contributed by atoms with E-state index in [9.17, 15) is 21.6 Å². The average Bonchev–Trinajstić information content (AvgIpc) is 2.98. The van der Waals surface area contributed by atoms with Crippen molar-refractivity contribution >= 4 is 9.84 Å². The zero-order valence-electron chi connectivity index (χ0n) is 14.2. The topological polar surface area (TPSA) is 74.1 Å². The molecule has 2 heterocycles. The molecule has 6 nitrogen and oxygen atoms in total. The van der Waals surface area contributed by atoms with Gasteiger partial charge in [-0.05, 0) is 18.6 Å². The number of pyridine rings is 1. The van der Waals surface area contributed by atoms with Crippen LogP contribution in [-0.4, -0.2) is 35.5 Å². The van der Waals surface area contributed by atoms with Crippen molar-refractivity contribution in [3.63, 3.8) is 0 Å². The van der Waals surface area contributed by atoms with Crippen LogP contribution in [0.5, 0.6) is 5.88 Å². The Balaban J connectivity index is 2.48. The lowest BCUT2D eigenvalue weighted by Crippen LogP contribution is -2.16. The van der Waals surface area contributed by atoms with Gasteiger partial charge in [-0.2, -0.15) is 23.0 Å². The summed E-state index contributed by atoms with van der Waals surface area (Å²) in [5.41, 5.74) is -1.13. The van der Waals surface area contributed by atoms with Gasteiger partial charge in [-0.1, -0.05) is 13.0 Å². The fourth-order valence-electron chi connectivity index (χ4n) is 2.12. The number of halogens is 3. The predicted molar refractivity (Wildman–Crippen MR) is 89.0 cm³/mol. The molecule has 0 radical (unpaired) electrons. The van der Waals surface area contributed by atoms with Crippen LogP contribution in [-0.2, 0) is 16.0 Å². The lowest BCUT2D eigenvalue weighted by atomic mass is 10.2. The number of ether oxygens (including phenoxy) is 1. The standard InChI is InChI=1S/C16H18F3N3O3S/c1-4-6-11(5-2)25-15-9-13(16(17,18)19)21-22(15)14-8-7-12(10-20-14)26(3,23)24/h4,7-11H,1,5-6H2,2-3H3. The van der Waals surface area contributed by atoms with Gasteiger partial charge in [0, 0.05) is 24.9 Å². The summed E-state index contributed by atoms with van der Waals surface area (Å²) in [6.45, 7) is 5.43. The Labute approximate surface area is 149 Å². The summed E-state index contributed by atoms with van der Waals surface area (Å²) in [6.07, 6.45) is -0.351. The summed E-state index contributed by atoms with van der Waals surface area (Å²) in [5, 5.41) is 3.52. The second-order valence-electron chi connectivity index (χ2n) is 5.57. The van der Waals surface area contributed by atoms with Crippen LogP contribution in [0, 0.1) is 0 Å². The molecule has 0 amide bonds. The van der Waals surface area contributed by atoms with Gasteiger partial charge < -0.3 is 4.74 Å². The van der Waals surface area contributed by atoms with E-state index in [2.05, 4.69) is 16.7 Å². The fraction of sp³-hybridized carbons (Fsp3) is 0.375. The van der Waals surface area contributed by atoms with Crippen molar-refractivity contribution in [2.45, 2.75) is 36.9 Å². The molecule has 0 bridgehead atoms. The van der Waals surface area contributed by atoms with E-state index in [4.69, 9.17) is 4.74 Å². The van der Waals surface area contributed by atoms with E-state index in [1.165, 1.54) is 12.1 Å². The molecule has 0 aliphatic carbocycles. The molecule has 2 rings (SSSR count). The molecule has 0 aromatic carbocycles. The molecule has 0 saturated heterocycles. The molecule has 0 aliphatic heterocycles. The van der Waals surface area contributed by atoms with Gasteiger partial charge in [-0.25, -0.2) is 13.4 Å². The highest BCUT2D eigenvalue weighted by Gasteiger charge is 2.36. The van der Waals surface area contributed by atoms with Gasteiger partial charge in [-0.3, -0.25) is 0 Å². The van der Waals surface area contributed by atoms with Crippen LogP contribution in [0.3, 0.4) is 0 Å². The molecular formula is C16H18F3N3O3S. The predicted octanol–water partition coefficient (Wildman–Crippen LogP) is 3.42. The van der Waals surface area contributed by atoms with Crippen molar-refractivity contribution in [1.82, 2.24) is 14.8 Å². The molecule has 0 aliphatic rings. The first-order valence-corrected chi connectivity index (χ1v) is 9.56. The SMILES string of the molecule is C=CCC(CC)Oc1cc(C(F)(F)F)nn1-c1ccc(S(C)(=O)=O)cn1.